The fourth-order valence-electron chi connectivity index (χ4n) is 1.65. The van der Waals surface area contributed by atoms with E-state index in [-0.39, 0.29) is 6.42 Å². The molecule has 0 fully saturated rings. The van der Waals surface area contributed by atoms with Crippen LogP contribution in [0.5, 0.6) is 11.5 Å². The maximum atomic E-state index is 12.7. The van der Waals surface area contributed by atoms with Gasteiger partial charge in [-0.2, -0.15) is 4.57 Å². The molecule has 0 amide bonds. The van der Waals surface area contributed by atoms with Gasteiger partial charge in [-0.15, -0.1) is 0 Å². The van der Waals surface area contributed by atoms with Crippen LogP contribution in [0.4, 0.5) is 0 Å². The molecule has 0 unspecified atom stereocenters. The summed E-state index contributed by atoms with van der Waals surface area (Å²) in [5.74, 6) is -0.0326. The summed E-state index contributed by atoms with van der Waals surface area (Å²) < 4.78 is 28.3. The van der Waals surface area contributed by atoms with Gasteiger partial charge in [0, 0.05) is 6.42 Å². The Labute approximate surface area is 129 Å². The van der Waals surface area contributed by atoms with Crippen molar-refractivity contribution in [3.8, 4) is 11.5 Å². The number of carbonyl (C=O) groups is 1. The minimum atomic E-state index is -4.10. The molecule has 22 heavy (non-hydrogen) atoms. The topological polar surface area (TPSA) is 61.8 Å². The molecule has 0 N–H and O–H groups in total. The molecule has 0 radical (unpaired) electrons. The van der Waals surface area contributed by atoms with Crippen LogP contribution in [0.1, 0.15) is 19.8 Å². The highest BCUT2D eigenvalue weighted by atomic mass is 31.2. The lowest BCUT2D eigenvalue weighted by Gasteiger charge is -2.18. The van der Waals surface area contributed by atoms with Gasteiger partial charge in [0.15, 0.2) is 0 Å². The van der Waals surface area contributed by atoms with Crippen molar-refractivity contribution in [3.05, 3.63) is 60.7 Å². The molecule has 0 saturated heterocycles. The minimum Gasteiger partial charge on any atom is -0.386 e. The van der Waals surface area contributed by atoms with Crippen molar-refractivity contribution in [2.24, 2.45) is 0 Å². The third-order valence-corrected chi connectivity index (χ3v) is 3.88. The molecule has 0 aromatic heterocycles. The summed E-state index contributed by atoms with van der Waals surface area (Å²) in [7, 11) is -4.10. The summed E-state index contributed by atoms with van der Waals surface area (Å²) in [4.78, 5) is 11.7. The van der Waals surface area contributed by atoms with Crippen molar-refractivity contribution in [1.29, 1.82) is 0 Å². The predicted molar refractivity (Wildman–Crippen MR) is 82.7 cm³/mol. The van der Waals surface area contributed by atoms with E-state index in [2.05, 4.69) is 0 Å². The van der Waals surface area contributed by atoms with E-state index in [0.29, 0.717) is 17.9 Å². The average Bonchev–Trinajstić information content (AvgIpc) is 2.49. The maximum absolute atomic E-state index is 12.7. The molecular formula is C16H17O5P. The van der Waals surface area contributed by atoms with Crippen LogP contribution in [0.3, 0.4) is 0 Å². The number of para-hydroxylation sites is 2. The Hall–Kier alpha value is -2.26. The average molecular weight is 320 g/mol. The number of phosphoric acid groups is 1. The third-order valence-electron chi connectivity index (χ3n) is 2.59. The van der Waals surface area contributed by atoms with Crippen molar-refractivity contribution < 1.29 is 22.9 Å². The van der Waals surface area contributed by atoms with Crippen LogP contribution in [-0.4, -0.2) is 5.97 Å². The highest BCUT2D eigenvalue weighted by molar-refractivity contribution is 7.50. The molecule has 0 aliphatic rings. The van der Waals surface area contributed by atoms with Gasteiger partial charge in [0.2, 0.25) is 0 Å². The second-order valence-electron chi connectivity index (χ2n) is 4.47. The van der Waals surface area contributed by atoms with E-state index in [1.54, 1.807) is 60.7 Å². The van der Waals surface area contributed by atoms with Gasteiger partial charge >= 0.3 is 13.8 Å². The zero-order chi connectivity index (χ0) is 15.8. The zero-order valence-corrected chi connectivity index (χ0v) is 13.1. The van der Waals surface area contributed by atoms with Gasteiger partial charge in [0.1, 0.15) is 11.5 Å². The molecule has 2 aromatic rings. The van der Waals surface area contributed by atoms with Gasteiger partial charge in [-0.05, 0) is 30.7 Å². The lowest BCUT2D eigenvalue weighted by molar-refractivity contribution is -0.135. The van der Waals surface area contributed by atoms with Gasteiger partial charge in [0.25, 0.3) is 0 Å². The van der Waals surface area contributed by atoms with E-state index in [4.69, 9.17) is 13.6 Å². The molecule has 6 heteroatoms. The minimum absolute atomic E-state index is 0.139. The first kappa shape index (κ1) is 16.1. The number of hydrogen-bond donors (Lipinski definition) is 0. The number of hydrogen-bond acceptors (Lipinski definition) is 5. The van der Waals surface area contributed by atoms with Crippen LogP contribution in [0, 0.1) is 0 Å². The molecule has 0 heterocycles. The van der Waals surface area contributed by atoms with E-state index >= 15 is 0 Å². The molecule has 2 rings (SSSR count). The number of carbonyl (C=O) groups excluding carboxylic acids is 1. The van der Waals surface area contributed by atoms with E-state index in [0.717, 1.165) is 0 Å². The first-order valence-corrected chi connectivity index (χ1v) is 8.39. The zero-order valence-electron chi connectivity index (χ0n) is 12.2. The Bertz CT molecular complexity index is 597. The number of benzene rings is 2. The van der Waals surface area contributed by atoms with Gasteiger partial charge in [-0.3, -0.25) is 4.79 Å². The van der Waals surface area contributed by atoms with E-state index in [1.165, 1.54) is 0 Å². The van der Waals surface area contributed by atoms with Crippen molar-refractivity contribution in [2.75, 3.05) is 0 Å². The standard InChI is InChI=1S/C16H17O5P/c1-2-9-16(17)21-22(18,19-14-10-5-3-6-11-14)20-15-12-7-4-8-13-15/h3-8,10-13H,2,9H2,1H3. The fourth-order valence-corrected chi connectivity index (χ4v) is 2.86. The molecule has 0 aliphatic heterocycles. The molecule has 2 aromatic carbocycles. The SMILES string of the molecule is CCCC(=O)OP(=O)(Oc1ccccc1)Oc1ccccc1. The second kappa shape index (κ2) is 7.66. The molecule has 0 aliphatic carbocycles. The van der Waals surface area contributed by atoms with Crippen molar-refractivity contribution in [1.82, 2.24) is 0 Å². The summed E-state index contributed by atoms with van der Waals surface area (Å²) in [5, 5.41) is 0. The number of phosphoric ester groups is 1. The van der Waals surface area contributed by atoms with Crippen molar-refractivity contribution in [3.63, 3.8) is 0 Å². The lowest BCUT2D eigenvalue weighted by Crippen LogP contribution is -2.10. The Balaban J connectivity index is 2.19. The van der Waals surface area contributed by atoms with Gasteiger partial charge < -0.3 is 13.6 Å². The maximum Gasteiger partial charge on any atom is 0.649 e. The van der Waals surface area contributed by atoms with Crippen LogP contribution in [0.25, 0.3) is 0 Å². The highest BCUT2D eigenvalue weighted by Crippen LogP contribution is 2.49. The summed E-state index contributed by atoms with van der Waals surface area (Å²) >= 11 is 0. The van der Waals surface area contributed by atoms with E-state index < -0.39 is 13.8 Å². The van der Waals surface area contributed by atoms with Crippen LogP contribution in [-0.2, 0) is 13.9 Å². The summed E-state index contributed by atoms with van der Waals surface area (Å²) in [6, 6.07) is 16.9. The molecule has 5 nitrogen and oxygen atoms in total. The van der Waals surface area contributed by atoms with Crippen LogP contribution in [0.15, 0.2) is 60.7 Å². The molecule has 0 spiro atoms. The largest absolute Gasteiger partial charge is 0.649 e. The molecule has 0 atom stereocenters. The first-order valence-electron chi connectivity index (χ1n) is 6.93. The summed E-state index contributed by atoms with van der Waals surface area (Å²) in [5.41, 5.74) is 0. The first-order chi connectivity index (χ1) is 10.6. The van der Waals surface area contributed by atoms with Crippen molar-refractivity contribution >= 4 is 13.8 Å². The summed E-state index contributed by atoms with van der Waals surface area (Å²) in [6.45, 7) is 1.82. The molecule has 116 valence electrons. The normalized spacial score (nSPS) is 10.8. The highest BCUT2D eigenvalue weighted by Gasteiger charge is 2.35. The quantitative estimate of drug-likeness (QED) is 0.698. The van der Waals surface area contributed by atoms with Crippen molar-refractivity contribution in [2.45, 2.75) is 19.8 Å². The second-order valence-corrected chi connectivity index (χ2v) is 5.91. The Morgan fingerprint density at radius 3 is 1.77 bits per heavy atom. The van der Waals surface area contributed by atoms with Crippen LogP contribution >= 0.6 is 7.82 Å². The van der Waals surface area contributed by atoms with Crippen LogP contribution < -0.4 is 9.05 Å². The summed E-state index contributed by atoms with van der Waals surface area (Å²) in [6.07, 6.45) is 0.718. The van der Waals surface area contributed by atoms with Crippen LogP contribution in [0.2, 0.25) is 0 Å². The van der Waals surface area contributed by atoms with E-state index in [9.17, 15) is 9.36 Å². The van der Waals surface area contributed by atoms with E-state index in [1.807, 2.05) is 6.92 Å². The predicted octanol–water partition coefficient (Wildman–Crippen LogP) is 4.60. The Morgan fingerprint density at radius 2 is 1.36 bits per heavy atom. The molecule has 0 saturated carbocycles. The molecule has 0 bridgehead atoms. The smallest absolute Gasteiger partial charge is 0.386 e. The van der Waals surface area contributed by atoms with Gasteiger partial charge in [-0.25, -0.2) is 0 Å². The molecular weight excluding hydrogens is 303 g/mol. The fraction of sp³-hybridized carbons (Fsp3) is 0.188. The number of rotatable bonds is 7. The monoisotopic (exact) mass is 320 g/mol. The lowest BCUT2D eigenvalue weighted by atomic mass is 10.3. The third kappa shape index (κ3) is 4.93. The Morgan fingerprint density at radius 1 is 0.909 bits per heavy atom. The van der Waals surface area contributed by atoms with Gasteiger partial charge in [-0.1, -0.05) is 43.3 Å². The Kier molecular flexibility index (Phi) is 5.61. The van der Waals surface area contributed by atoms with Gasteiger partial charge in [0.05, 0.1) is 0 Å².